The Morgan fingerprint density at radius 2 is 1.67 bits per heavy atom. The van der Waals surface area contributed by atoms with Crippen LogP contribution in [0, 0.1) is 0 Å². The van der Waals surface area contributed by atoms with Crippen molar-refractivity contribution in [3.05, 3.63) is 65.4 Å². The third kappa shape index (κ3) is 6.18. The summed E-state index contributed by atoms with van der Waals surface area (Å²) in [5.41, 5.74) is 0.765. The summed E-state index contributed by atoms with van der Waals surface area (Å²) in [6.45, 7) is 2.70. The number of hydrogen-bond donors (Lipinski definition) is 2. The molecule has 0 fully saturated rings. The van der Waals surface area contributed by atoms with Gasteiger partial charge in [0.1, 0.15) is 17.2 Å². The molecule has 0 radical (unpaired) electrons. The molecule has 0 heterocycles. The number of carboxylic acid groups (broad SMARTS) is 1. The van der Waals surface area contributed by atoms with Crippen LogP contribution < -0.4 is 14.8 Å². The lowest BCUT2D eigenvalue weighted by atomic mass is 10.1. The van der Waals surface area contributed by atoms with Crippen LogP contribution in [0.2, 0.25) is 0 Å². The van der Waals surface area contributed by atoms with Gasteiger partial charge in [-0.25, -0.2) is 4.79 Å². The second-order valence-electron chi connectivity index (χ2n) is 5.82. The van der Waals surface area contributed by atoms with Gasteiger partial charge < -0.3 is 19.9 Å². The molecular formula is C21H23NO5. The molecule has 0 spiro atoms. The number of ether oxygens (including phenoxy) is 2. The van der Waals surface area contributed by atoms with Crippen LogP contribution in [0.4, 0.5) is 0 Å². The quantitative estimate of drug-likeness (QED) is 0.520. The smallest absolute Gasteiger partial charge is 0.352 e. The predicted molar refractivity (Wildman–Crippen MR) is 103 cm³/mol. The van der Waals surface area contributed by atoms with Gasteiger partial charge in [-0.05, 0) is 54.5 Å². The van der Waals surface area contributed by atoms with Crippen molar-refractivity contribution >= 4 is 18.0 Å². The van der Waals surface area contributed by atoms with E-state index in [4.69, 9.17) is 9.47 Å². The van der Waals surface area contributed by atoms with Gasteiger partial charge in [0.2, 0.25) is 0 Å². The summed E-state index contributed by atoms with van der Waals surface area (Å²) in [5.74, 6) is -0.391. The Morgan fingerprint density at radius 1 is 1.04 bits per heavy atom. The van der Waals surface area contributed by atoms with Gasteiger partial charge in [-0.1, -0.05) is 25.5 Å². The van der Waals surface area contributed by atoms with Crippen LogP contribution in [-0.4, -0.2) is 30.7 Å². The number of nitrogens with one attached hydrogen (secondary N) is 1. The molecule has 0 aliphatic heterocycles. The third-order valence-corrected chi connectivity index (χ3v) is 3.79. The van der Waals surface area contributed by atoms with Crippen molar-refractivity contribution < 1.29 is 24.2 Å². The van der Waals surface area contributed by atoms with Gasteiger partial charge in [-0.3, -0.25) is 4.79 Å². The number of aliphatic carboxylic acids is 1. The Balaban J connectivity index is 2.07. The number of carbonyl (C=O) groups is 2. The fourth-order valence-electron chi connectivity index (χ4n) is 2.25. The Morgan fingerprint density at radius 3 is 2.22 bits per heavy atom. The fraction of sp³-hybridized carbons (Fsp3) is 0.238. The molecule has 0 aliphatic carbocycles. The number of carboxylic acids is 1. The maximum atomic E-state index is 12.3. The van der Waals surface area contributed by atoms with Crippen LogP contribution in [0.5, 0.6) is 11.5 Å². The van der Waals surface area contributed by atoms with Gasteiger partial charge in [0.05, 0.1) is 13.7 Å². The molecule has 6 heteroatoms. The molecule has 142 valence electrons. The molecule has 0 aromatic heterocycles. The Kier molecular flexibility index (Phi) is 7.43. The van der Waals surface area contributed by atoms with Crippen molar-refractivity contribution in [3.63, 3.8) is 0 Å². The highest BCUT2D eigenvalue weighted by Crippen LogP contribution is 2.15. The van der Waals surface area contributed by atoms with Crippen molar-refractivity contribution in [2.45, 2.75) is 19.8 Å². The van der Waals surface area contributed by atoms with Crippen molar-refractivity contribution in [2.75, 3.05) is 13.7 Å². The van der Waals surface area contributed by atoms with Crippen LogP contribution in [0.3, 0.4) is 0 Å². The molecule has 0 bridgehead atoms. The van der Waals surface area contributed by atoms with E-state index in [2.05, 4.69) is 12.2 Å². The number of carbonyl (C=O) groups excluding carboxylic acids is 1. The minimum atomic E-state index is -1.22. The number of hydrogen-bond acceptors (Lipinski definition) is 4. The van der Waals surface area contributed by atoms with Crippen molar-refractivity contribution in [1.29, 1.82) is 0 Å². The van der Waals surface area contributed by atoms with Crippen molar-refractivity contribution in [3.8, 4) is 11.5 Å². The van der Waals surface area contributed by atoms with Crippen LogP contribution in [0.15, 0.2) is 54.2 Å². The van der Waals surface area contributed by atoms with Gasteiger partial charge in [0, 0.05) is 5.56 Å². The van der Waals surface area contributed by atoms with E-state index >= 15 is 0 Å². The number of amides is 1. The summed E-state index contributed by atoms with van der Waals surface area (Å²) in [7, 11) is 1.55. The maximum absolute atomic E-state index is 12.3. The average molecular weight is 369 g/mol. The highest BCUT2D eigenvalue weighted by molar-refractivity contribution is 6.02. The largest absolute Gasteiger partial charge is 0.497 e. The topological polar surface area (TPSA) is 84.9 Å². The molecule has 0 unspecified atom stereocenters. The van der Waals surface area contributed by atoms with Crippen LogP contribution in [-0.2, 0) is 4.79 Å². The molecule has 6 nitrogen and oxygen atoms in total. The van der Waals surface area contributed by atoms with Gasteiger partial charge in [-0.2, -0.15) is 0 Å². The van der Waals surface area contributed by atoms with Gasteiger partial charge >= 0.3 is 5.97 Å². The zero-order valence-corrected chi connectivity index (χ0v) is 15.4. The van der Waals surface area contributed by atoms with Crippen molar-refractivity contribution in [1.82, 2.24) is 5.32 Å². The first-order valence-electron chi connectivity index (χ1n) is 8.66. The minimum absolute atomic E-state index is 0.214. The summed E-state index contributed by atoms with van der Waals surface area (Å²) >= 11 is 0. The van der Waals surface area contributed by atoms with Crippen LogP contribution in [0.1, 0.15) is 35.7 Å². The summed E-state index contributed by atoms with van der Waals surface area (Å²) in [5, 5.41) is 11.8. The van der Waals surface area contributed by atoms with E-state index in [-0.39, 0.29) is 5.70 Å². The average Bonchev–Trinajstić information content (AvgIpc) is 2.68. The first kappa shape index (κ1) is 20.0. The van der Waals surface area contributed by atoms with E-state index in [0.717, 1.165) is 12.8 Å². The molecule has 2 aromatic rings. The van der Waals surface area contributed by atoms with Crippen LogP contribution in [0.25, 0.3) is 6.08 Å². The van der Waals surface area contributed by atoms with Crippen molar-refractivity contribution in [2.24, 2.45) is 0 Å². The lowest BCUT2D eigenvalue weighted by Gasteiger charge is -2.08. The number of methoxy groups -OCH3 is 1. The lowest BCUT2D eigenvalue weighted by molar-refractivity contribution is -0.132. The van der Waals surface area contributed by atoms with Gasteiger partial charge in [0.25, 0.3) is 5.91 Å². The molecule has 1 amide bonds. The van der Waals surface area contributed by atoms with E-state index in [1.165, 1.54) is 6.08 Å². The molecule has 0 atom stereocenters. The molecular weight excluding hydrogens is 346 g/mol. The Bertz CT molecular complexity index is 794. The zero-order valence-electron chi connectivity index (χ0n) is 15.4. The van der Waals surface area contributed by atoms with E-state index < -0.39 is 11.9 Å². The predicted octanol–water partition coefficient (Wildman–Crippen LogP) is 3.73. The fourth-order valence-corrected chi connectivity index (χ4v) is 2.25. The summed E-state index contributed by atoms with van der Waals surface area (Å²) in [4.78, 5) is 23.8. The second-order valence-corrected chi connectivity index (χ2v) is 5.82. The normalized spacial score (nSPS) is 11.0. The Hall–Kier alpha value is -3.28. The molecule has 27 heavy (non-hydrogen) atoms. The molecule has 2 N–H and O–H groups in total. The number of benzene rings is 2. The highest BCUT2D eigenvalue weighted by atomic mass is 16.5. The molecule has 2 rings (SSSR count). The SMILES string of the molecule is CCCCOc1ccc(C(=O)NC(=Cc2ccc(OC)cc2)C(=O)O)cc1. The monoisotopic (exact) mass is 369 g/mol. The maximum Gasteiger partial charge on any atom is 0.352 e. The minimum Gasteiger partial charge on any atom is -0.497 e. The Labute approximate surface area is 158 Å². The van der Waals surface area contributed by atoms with E-state index in [1.54, 1.807) is 55.6 Å². The van der Waals surface area contributed by atoms with E-state index in [0.29, 0.717) is 29.2 Å². The summed E-state index contributed by atoms with van der Waals surface area (Å²) in [6.07, 6.45) is 3.39. The van der Waals surface area contributed by atoms with Crippen LogP contribution >= 0.6 is 0 Å². The van der Waals surface area contributed by atoms with Gasteiger partial charge in [0.15, 0.2) is 0 Å². The number of rotatable bonds is 9. The molecule has 0 saturated carbocycles. The first-order chi connectivity index (χ1) is 13.0. The van der Waals surface area contributed by atoms with E-state index in [9.17, 15) is 14.7 Å². The molecule has 2 aromatic carbocycles. The first-order valence-corrected chi connectivity index (χ1v) is 8.66. The summed E-state index contributed by atoms with van der Waals surface area (Å²) < 4.78 is 10.6. The van der Waals surface area contributed by atoms with Gasteiger partial charge in [-0.15, -0.1) is 0 Å². The zero-order chi connectivity index (χ0) is 19.6. The second kappa shape index (κ2) is 10.0. The standard InChI is InChI=1S/C21H23NO5/c1-3-4-13-27-18-11-7-16(8-12-18)20(23)22-19(21(24)25)14-15-5-9-17(26-2)10-6-15/h5-12,14H,3-4,13H2,1-2H3,(H,22,23)(H,24,25). The van der Waals surface area contributed by atoms with E-state index in [1.807, 2.05) is 0 Å². The molecule has 0 aliphatic rings. The summed E-state index contributed by atoms with van der Waals surface area (Å²) in [6, 6.07) is 13.4. The number of unbranched alkanes of at least 4 members (excludes halogenated alkanes) is 1. The highest BCUT2D eigenvalue weighted by Gasteiger charge is 2.13. The molecule has 0 saturated heterocycles. The third-order valence-electron chi connectivity index (χ3n) is 3.79. The lowest BCUT2D eigenvalue weighted by Crippen LogP contribution is -2.27.